The summed E-state index contributed by atoms with van der Waals surface area (Å²) in [6.07, 6.45) is 7.08. The molecular formula is C28H45N5O8. The summed E-state index contributed by atoms with van der Waals surface area (Å²) >= 11 is 0. The van der Waals surface area contributed by atoms with Crippen LogP contribution in [0.1, 0.15) is 64.2 Å². The van der Waals surface area contributed by atoms with Crippen molar-refractivity contribution in [3.63, 3.8) is 0 Å². The van der Waals surface area contributed by atoms with E-state index in [1.807, 2.05) is 19.0 Å². The van der Waals surface area contributed by atoms with Crippen LogP contribution in [0.2, 0.25) is 0 Å². The molecule has 3 amide bonds. The summed E-state index contributed by atoms with van der Waals surface area (Å²) in [5.74, 6) is -1.67. The number of aliphatic hydroxyl groups is 2. The van der Waals surface area contributed by atoms with Gasteiger partial charge in [0.05, 0.1) is 12.6 Å². The van der Waals surface area contributed by atoms with E-state index in [0.29, 0.717) is 24.9 Å². The largest absolute Gasteiger partial charge is 0.479 e. The Bertz CT molecular complexity index is 962. The first kappa shape index (κ1) is 32.6. The molecule has 0 aromatic rings. The van der Waals surface area contributed by atoms with Gasteiger partial charge in [-0.05, 0) is 49.9 Å². The molecule has 0 bridgehead atoms. The Hall–Kier alpha value is -2.95. The highest BCUT2D eigenvalue weighted by molar-refractivity contribution is 5.83. The molecule has 2 saturated carbocycles. The number of nitrogens with one attached hydrogen (secondary N) is 1. The average Bonchev–Trinajstić information content (AvgIpc) is 3.65. The van der Waals surface area contributed by atoms with Crippen LogP contribution in [0.5, 0.6) is 0 Å². The van der Waals surface area contributed by atoms with Crippen molar-refractivity contribution in [3.8, 4) is 6.07 Å². The molecule has 5 unspecified atom stereocenters. The van der Waals surface area contributed by atoms with Gasteiger partial charge in [0, 0.05) is 39.3 Å². The summed E-state index contributed by atoms with van der Waals surface area (Å²) in [6.45, 7) is 2.73. The molecule has 2 heterocycles. The predicted octanol–water partition coefficient (Wildman–Crippen LogP) is 0.701. The molecule has 5 atom stereocenters. The number of hydrogen-bond acceptors (Lipinski definition) is 8. The lowest BCUT2D eigenvalue weighted by atomic mass is 9.77. The molecule has 5 N–H and O–H groups in total. The van der Waals surface area contributed by atoms with Crippen molar-refractivity contribution in [2.75, 3.05) is 40.3 Å². The Labute approximate surface area is 241 Å². The van der Waals surface area contributed by atoms with Crippen LogP contribution < -0.4 is 5.32 Å². The summed E-state index contributed by atoms with van der Waals surface area (Å²) in [6, 6.07) is 2.16. The minimum atomic E-state index is -2.27. The quantitative estimate of drug-likeness (QED) is 0.273. The van der Waals surface area contributed by atoms with E-state index in [-0.39, 0.29) is 23.5 Å². The molecular weight excluding hydrogens is 534 g/mol. The first-order valence-corrected chi connectivity index (χ1v) is 14.6. The third-order valence-electron chi connectivity index (χ3n) is 9.08. The fourth-order valence-corrected chi connectivity index (χ4v) is 7.09. The van der Waals surface area contributed by atoms with E-state index in [1.54, 1.807) is 9.80 Å². The zero-order chi connectivity index (χ0) is 30.3. The van der Waals surface area contributed by atoms with Crippen molar-refractivity contribution in [2.24, 2.45) is 17.8 Å². The van der Waals surface area contributed by atoms with Gasteiger partial charge in [0.15, 0.2) is 12.2 Å². The highest BCUT2D eigenvalue weighted by Crippen LogP contribution is 2.48. The average molecular weight is 580 g/mol. The zero-order valence-corrected chi connectivity index (χ0v) is 24.1. The van der Waals surface area contributed by atoms with Crippen molar-refractivity contribution in [1.82, 2.24) is 20.0 Å². The Kier molecular flexibility index (Phi) is 11.3. The second kappa shape index (κ2) is 14.3. The molecule has 13 heteroatoms. The van der Waals surface area contributed by atoms with E-state index in [1.165, 1.54) is 32.1 Å². The number of carboxylic acids is 2. The lowest BCUT2D eigenvalue weighted by Crippen LogP contribution is -2.51. The third kappa shape index (κ3) is 8.30. The van der Waals surface area contributed by atoms with Gasteiger partial charge >= 0.3 is 18.0 Å². The van der Waals surface area contributed by atoms with Crippen LogP contribution in [0.4, 0.5) is 4.79 Å². The van der Waals surface area contributed by atoms with Crippen molar-refractivity contribution < 1.29 is 39.6 Å². The van der Waals surface area contributed by atoms with E-state index in [0.717, 1.165) is 51.1 Å². The molecule has 4 aliphatic rings. The van der Waals surface area contributed by atoms with Crippen LogP contribution in [0.3, 0.4) is 0 Å². The highest BCUT2D eigenvalue weighted by atomic mass is 16.4. The van der Waals surface area contributed by atoms with Gasteiger partial charge in [0.25, 0.3) is 0 Å². The van der Waals surface area contributed by atoms with Crippen molar-refractivity contribution in [1.29, 1.82) is 5.26 Å². The molecule has 4 fully saturated rings. The number of nitriles is 1. The molecule has 2 saturated heterocycles. The first-order chi connectivity index (χ1) is 19.4. The van der Waals surface area contributed by atoms with Gasteiger partial charge in [-0.2, -0.15) is 5.26 Å². The molecule has 2 aliphatic heterocycles. The lowest BCUT2D eigenvalue weighted by molar-refractivity contribution is -0.165. The molecule has 0 aromatic heterocycles. The molecule has 0 aromatic carbocycles. The van der Waals surface area contributed by atoms with E-state index in [4.69, 9.17) is 20.4 Å². The Balaban J connectivity index is 0.000000397. The number of carbonyl (C=O) groups excluding carboxylic acids is 2. The van der Waals surface area contributed by atoms with Gasteiger partial charge in [-0.25, -0.2) is 14.4 Å². The summed E-state index contributed by atoms with van der Waals surface area (Å²) in [7, 11) is 3.65. The Morgan fingerprint density at radius 3 is 2.00 bits per heavy atom. The minimum Gasteiger partial charge on any atom is -0.479 e. The fraction of sp³-hybridized carbons (Fsp3) is 0.821. The molecule has 13 nitrogen and oxygen atoms in total. The van der Waals surface area contributed by atoms with Crippen LogP contribution in [0.25, 0.3) is 0 Å². The maximum Gasteiger partial charge on any atom is 0.335 e. The normalized spacial score (nSPS) is 29.1. The highest BCUT2D eigenvalue weighted by Gasteiger charge is 2.50. The molecule has 230 valence electrons. The van der Waals surface area contributed by atoms with E-state index in [2.05, 4.69) is 11.4 Å². The number of nitrogens with zero attached hydrogens (tertiary/aromatic N) is 4. The minimum absolute atomic E-state index is 0.00210. The van der Waals surface area contributed by atoms with Crippen LogP contribution in [0, 0.1) is 29.1 Å². The molecule has 0 spiro atoms. The van der Waals surface area contributed by atoms with Crippen molar-refractivity contribution in [3.05, 3.63) is 0 Å². The molecule has 0 radical (unpaired) electrons. The number of amides is 3. The maximum absolute atomic E-state index is 12.9. The monoisotopic (exact) mass is 579 g/mol. The number of carbonyl (C=O) groups is 4. The van der Waals surface area contributed by atoms with E-state index < -0.39 is 24.1 Å². The molecule has 4 rings (SSSR count). The predicted molar refractivity (Wildman–Crippen MR) is 146 cm³/mol. The summed E-state index contributed by atoms with van der Waals surface area (Å²) in [4.78, 5) is 50.4. The maximum atomic E-state index is 12.9. The smallest absolute Gasteiger partial charge is 0.335 e. The number of urea groups is 1. The van der Waals surface area contributed by atoms with Crippen molar-refractivity contribution >= 4 is 23.9 Å². The van der Waals surface area contributed by atoms with Crippen molar-refractivity contribution in [2.45, 2.75) is 88.0 Å². The van der Waals surface area contributed by atoms with Crippen LogP contribution >= 0.6 is 0 Å². The second-order valence-electron chi connectivity index (χ2n) is 12.3. The van der Waals surface area contributed by atoms with Gasteiger partial charge in [-0.3, -0.25) is 4.79 Å². The van der Waals surface area contributed by atoms with Crippen LogP contribution in [0.15, 0.2) is 0 Å². The number of fused-ring (bicyclic) bond motifs is 1. The fourth-order valence-electron chi connectivity index (χ4n) is 7.09. The van der Waals surface area contributed by atoms with Crippen LogP contribution in [-0.2, 0) is 14.4 Å². The molecule has 2 aliphatic carbocycles. The van der Waals surface area contributed by atoms with Gasteiger partial charge in [0.1, 0.15) is 6.04 Å². The number of aliphatic hydroxyl groups excluding tert-OH is 2. The summed E-state index contributed by atoms with van der Waals surface area (Å²) < 4.78 is 0. The van der Waals surface area contributed by atoms with E-state index >= 15 is 0 Å². The topological polar surface area (TPSA) is 195 Å². The van der Waals surface area contributed by atoms with E-state index in [9.17, 15) is 24.4 Å². The second-order valence-corrected chi connectivity index (χ2v) is 12.3. The van der Waals surface area contributed by atoms with Gasteiger partial charge in [-0.1, -0.05) is 32.1 Å². The third-order valence-corrected chi connectivity index (χ3v) is 9.08. The van der Waals surface area contributed by atoms with Gasteiger partial charge < -0.3 is 40.4 Å². The number of hydrogen-bond donors (Lipinski definition) is 5. The van der Waals surface area contributed by atoms with Crippen LogP contribution in [-0.4, -0.2) is 123 Å². The number of likely N-dealkylation sites (tertiary alicyclic amines) is 2. The first-order valence-electron chi connectivity index (χ1n) is 14.6. The summed E-state index contributed by atoms with van der Waals surface area (Å²) in [5, 5.41) is 45.6. The SMILES string of the molecule is CN(C)C(=O)N1CC2CC(CC3CCCCC3)(NCC(=O)N3CCCC3C#N)CC2C1.O=C(O)C(O)C(O)C(=O)O. The number of rotatable bonds is 8. The summed E-state index contributed by atoms with van der Waals surface area (Å²) in [5.41, 5.74) is 0.00210. The lowest BCUT2D eigenvalue weighted by Gasteiger charge is -2.38. The number of carboxylic acid groups (broad SMARTS) is 2. The molecule has 41 heavy (non-hydrogen) atoms. The number of aliphatic carboxylic acids is 2. The van der Waals surface area contributed by atoms with Gasteiger partial charge in [0.2, 0.25) is 5.91 Å². The Morgan fingerprint density at radius 1 is 0.951 bits per heavy atom. The zero-order valence-electron chi connectivity index (χ0n) is 24.1. The Morgan fingerprint density at radius 2 is 1.51 bits per heavy atom. The standard InChI is InChI=1S/C24H39N5O2.C4H6O6/c1-27(2)23(31)28-16-19-12-24(13-20(19)17-28,11-18-7-4-3-5-8-18)26-15-22(30)29-10-6-9-21(29)14-25;5-1(3(7)8)2(6)4(9)10/h18-21,26H,3-13,15-17H2,1-2H3;1-2,5-6H,(H,7,8)(H,9,10). The van der Waals surface area contributed by atoms with Gasteiger partial charge in [-0.15, -0.1) is 0 Å².